The normalized spacial score (nSPS) is 14.1. The van der Waals surface area contributed by atoms with E-state index in [4.69, 9.17) is 9.47 Å². The van der Waals surface area contributed by atoms with E-state index in [-0.39, 0.29) is 5.91 Å². The Labute approximate surface area is 167 Å². The van der Waals surface area contributed by atoms with Crippen molar-refractivity contribution in [3.05, 3.63) is 54.1 Å². The molecule has 0 radical (unpaired) electrons. The van der Waals surface area contributed by atoms with E-state index in [0.717, 1.165) is 62.0 Å². The number of ether oxygens (including phenoxy) is 2. The van der Waals surface area contributed by atoms with E-state index in [2.05, 4.69) is 24.0 Å². The van der Waals surface area contributed by atoms with Crippen LogP contribution in [0.4, 0.5) is 5.69 Å². The summed E-state index contributed by atoms with van der Waals surface area (Å²) in [5.74, 6) is 1.78. The molecule has 1 amide bonds. The Balaban J connectivity index is 1.50. The zero-order chi connectivity index (χ0) is 19.8. The predicted molar refractivity (Wildman–Crippen MR) is 113 cm³/mol. The molecule has 0 unspecified atom stereocenters. The number of amides is 1. The van der Waals surface area contributed by atoms with Gasteiger partial charge in [-0.25, -0.2) is 0 Å². The van der Waals surface area contributed by atoms with Crippen molar-refractivity contribution < 1.29 is 14.3 Å². The third-order valence-electron chi connectivity index (χ3n) is 5.12. The number of hydrogen-bond acceptors (Lipinski definition) is 4. The van der Waals surface area contributed by atoms with Crippen LogP contribution in [0.25, 0.3) is 0 Å². The van der Waals surface area contributed by atoms with Gasteiger partial charge in [0.2, 0.25) is 0 Å². The highest BCUT2D eigenvalue weighted by Crippen LogP contribution is 2.21. The molecule has 0 spiro atoms. The number of benzene rings is 2. The van der Waals surface area contributed by atoms with Crippen LogP contribution in [0.2, 0.25) is 0 Å². The summed E-state index contributed by atoms with van der Waals surface area (Å²) in [6, 6.07) is 15.6. The second-order valence-electron chi connectivity index (χ2n) is 7.06. The maximum absolute atomic E-state index is 12.8. The summed E-state index contributed by atoms with van der Waals surface area (Å²) in [6.07, 6.45) is 3.43. The zero-order valence-electron chi connectivity index (χ0n) is 16.9. The first-order chi connectivity index (χ1) is 13.7. The maximum atomic E-state index is 12.8. The van der Waals surface area contributed by atoms with Gasteiger partial charge in [-0.2, -0.15) is 0 Å². The Morgan fingerprint density at radius 2 is 1.54 bits per heavy atom. The van der Waals surface area contributed by atoms with Crippen molar-refractivity contribution in [3.8, 4) is 11.5 Å². The molecule has 0 N–H and O–H groups in total. The molecule has 1 heterocycles. The van der Waals surface area contributed by atoms with Gasteiger partial charge in [-0.1, -0.05) is 19.8 Å². The zero-order valence-corrected chi connectivity index (χ0v) is 16.9. The number of hydrogen-bond donors (Lipinski definition) is 0. The second kappa shape index (κ2) is 10.0. The Bertz CT molecular complexity index is 735. The van der Waals surface area contributed by atoms with Gasteiger partial charge in [-0.15, -0.1) is 0 Å². The summed E-state index contributed by atoms with van der Waals surface area (Å²) in [4.78, 5) is 17.0. The Kier molecular flexibility index (Phi) is 7.18. The molecule has 5 heteroatoms. The Morgan fingerprint density at radius 1 is 0.893 bits per heavy atom. The molecule has 1 aliphatic heterocycles. The van der Waals surface area contributed by atoms with E-state index in [9.17, 15) is 4.79 Å². The van der Waals surface area contributed by atoms with E-state index < -0.39 is 0 Å². The fraction of sp³-hybridized carbons (Fsp3) is 0.435. The van der Waals surface area contributed by atoms with Crippen LogP contribution >= 0.6 is 0 Å². The summed E-state index contributed by atoms with van der Waals surface area (Å²) >= 11 is 0. The minimum Gasteiger partial charge on any atom is -0.497 e. The van der Waals surface area contributed by atoms with E-state index in [1.54, 1.807) is 7.11 Å². The van der Waals surface area contributed by atoms with Gasteiger partial charge in [0.25, 0.3) is 5.91 Å². The molecule has 2 aromatic rings. The first kappa shape index (κ1) is 20.1. The monoisotopic (exact) mass is 382 g/mol. The van der Waals surface area contributed by atoms with Crippen LogP contribution in [0.1, 0.15) is 36.5 Å². The predicted octanol–water partition coefficient (Wildman–Crippen LogP) is 4.23. The lowest BCUT2D eigenvalue weighted by Crippen LogP contribution is -2.48. The van der Waals surface area contributed by atoms with Crippen LogP contribution in [0, 0.1) is 0 Å². The number of piperazine rings is 1. The highest BCUT2D eigenvalue weighted by atomic mass is 16.5. The molecular weight excluding hydrogens is 352 g/mol. The van der Waals surface area contributed by atoms with Crippen molar-refractivity contribution in [2.24, 2.45) is 0 Å². The lowest BCUT2D eigenvalue weighted by molar-refractivity contribution is 0.0746. The Hall–Kier alpha value is -2.69. The number of carbonyl (C=O) groups is 1. The summed E-state index contributed by atoms with van der Waals surface area (Å²) in [7, 11) is 1.67. The van der Waals surface area contributed by atoms with Crippen molar-refractivity contribution >= 4 is 11.6 Å². The first-order valence-corrected chi connectivity index (χ1v) is 10.1. The highest BCUT2D eigenvalue weighted by Gasteiger charge is 2.22. The Morgan fingerprint density at radius 3 is 2.14 bits per heavy atom. The number of unbranched alkanes of at least 4 members (excludes halogenated alkanes) is 2. The first-order valence-electron chi connectivity index (χ1n) is 10.1. The number of methoxy groups -OCH3 is 1. The molecular formula is C23H30N2O3. The lowest BCUT2D eigenvalue weighted by Gasteiger charge is -2.36. The summed E-state index contributed by atoms with van der Waals surface area (Å²) in [5, 5.41) is 0. The van der Waals surface area contributed by atoms with Crippen molar-refractivity contribution in [2.75, 3.05) is 44.8 Å². The van der Waals surface area contributed by atoms with Gasteiger partial charge in [0.05, 0.1) is 13.7 Å². The molecule has 1 fully saturated rings. The minimum atomic E-state index is 0.0897. The van der Waals surface area contributed by atoms with E-state index in [1.165, 1.54) is 12.8 Å². The third kappa shape index (κ3) is 5.18. The topological polar surface area (TPSA) is 42.0 Å². The maximum Gasteiger partial charge on any atom is 0.253 e. The molecule has 0 bridgehead atoms. The molecule has 28 heavy (non-hydrogen) atoms. The summed E-state index contributed by atoms with van der Waals surface area (Å²) in [6.45, 7) is 6.01. The van der Waals surface area contributed by atoms with Crippen LogP contribution in [0.15, 0.2) is 48.5 Å². The van der Waals surface area contributed by atoms with Gasteiger partial charge >= 0.3 is 0 Å². The molecule has 0 aromatic heterocycles. The van der Waals surface area contributed by atoms with E-state index >= 15 is 0 Å². The molecule has 0 saturated carbocycles. The summed E-state index contributed by atoms with van der Waals surface area (Å²) in [5.41, 5.74) is 1.89. The molecule has 2 aromatic carbocycles. The van der Waals surface area contributed by atoms with E-state index in [0.29, 0.717) is 0 Å². The standard InChI is InChI=1S/C23H30N2O3/c1-3-4-5-18-28-22-10-6-19(7-11-22)23(26)25-16-14-24(15-17-25)20-8-12-21(27-2)13-9-20/h6-13H,3-5,14-18H2,1-2H3. The number of rotatable bonds is 8. The third-order valence-corrected chi connectivity index (χ3v) is 5.12. The molecule has 5 nitrogen and oxygen atoms in total. The minimum absolute atomic E-state index is 0.0897. The highest BCUT2D eigenvalue weighted by molar-refractivity contribution is 5.94. The van der Waals surface area contributed by atoms with E-state index in [1.807, 2.05) is 41.3 Å². The SMILES string of the molecule is CCCCCOc1ccc(C(=O)N2CCN(c3ccc(OC)cc3)CC2)cc1. The second-order valence-corrected chi connectivity index (χ2v) is 7.06. The van der Waals surface area contributed by atoms with Crippen molar-refractivity contribution in [3.63, 3.8) is 0 Å². The van der Waals surface area contributed by atoms with Crippen LogP contribution in [-0.2, 0) is 0 Å². The molecule has 1 aliphatic rings. The molecule has 0 atom stereocenters. The van der Waals surface area contributed by atoms with Crippen LogP contribution in [0.3, 0.4) is 0 Å². The fourth-order valence-corrected chi connectivity index (χ4v) is 3.38. The largest absolute Gasteiger partial charge is 0.497 e. The van der Waals surface area contributed by atoms with Gasteiger partial charge in [0, 0.05) is 37.4 Å². The quantitative estimate of drug-likeness (QED) is 0.641. The fourth-order valence-electron chi connectivity index (χ4n) is 3.38. The van der Waals surface area contributed by atoms with Gasteiger partial charge < -0.3 is 19.3 Å². The molecule has 150 valence electrons. The molecule has 3 rings (SSSR count). The number of carbonyl (C=O) groups excluding carboxylic acids is 1. The lowest BCUT2D eigenvalue weighted by atomic mass is 10.1. The smallest absolute Gasteiger partial charge is 0.253 e. The van der Waals surface area contributed by atoms with Gasteiger partial charge in [0.15, 0.2) is 0 Å². The average molecular weight is 383 g/mol. The molecule has 1 saturated heterocycles. The van der Waals surface area contributed by atoms with Gasteiger partial charge in [-0.05, 0) is 55.0 Å². The van der Waals surface area contributed by atoms with Gasteiger partial charge in [-0.3, -0.25) is 4.79 Å². The van der Waals surface area contributed by atoms with Crippen LogP contribution in [0.5, 0.6) is 11.5 Å². The van der Waals surface area contributed by atoms with Crippen LogP contribution < -0.4 is 14.4 Å². The number of anilines is 1. The van der Waals surface area contributed by atoms with Crippen molar-refractivity contribution in [2.45, 2.75) is 26.2 Å². The average Bonchev–Trinajstić information content (AvgIpc) is 2.77. The van der Waals surface area contributed by atoms with Crippen LogP contribution in [-0.4, -0.2) is 50.7 Å². The molecule has 0 aliphatic carbocycles. The van der Waals surface area contributed by atoms with Crippen molar-refractivity contribution in [1.29, 1.82) is 0 Å². The number of nitrogens with zero attached hydrogens (tertiary/aromatic N) is 2. The summed E-state index contributed by atoms with van der Waals surface area (Å²) < 4.78 is 10.9. The van der Waals surface area contributed by atoms with Gasteiger partial charge in [0.1, 0.15) is 11.5 Å². The van der Waals surface area contributed by atoms with Crippen molar-refractivity contribution in [1.82, 2.24) is 4.90 Å².